The number of carbonyl (C=O) groups is 1. The van der Waals surface area contributed by atoms with Crippen molar-refractivity contribution in [3.8, 4) is 22.9 Å². The van der Waals surface area contributed by atoms with E-state index >= 15 is 0 Å². The fraction of sp³-hybridized carbons (Fsp3) is 0.348. The Morgan fingerprint density at radius 1 is 1.06 bits per heavy atom. The van der Waals surface area contributed by atoms with Gasteiger partial charge < -0.3 is 18.9 Å². The molecule has 1 aromatic heterocycles. The molecule has 1 amide bonds. The lowest BCUT2D eigenvalue weighted by Gasteiger charge is -2.26. The van der Waals surface area contributed by atoms with E-state index in [1.807, 2.05) is 78.8 Å². The molecular weight excluding hydrogens is 412 g/mol. The Labute approximate surface area is 187 Å². The highest BCUT2D eigenvalue weighted by Gasteiger charge is 2.21. The van der Waals surface area contributed by atoms with E-state index in [2.05, 4.69) is 10.2 Å². The van der Waals surface area contributed by atoms with Crippen LogP contribution in [0.5, 0.6) is 11.5 Å². The van der Waals surface area contributed by atoms with Gasteiger partial charge in [-0.25, -0.2) is 0 Å². The van der Waals surface area contributed by atoms with Crippen LogP contribution in [-0.2, 0) is 11.3 Å². The molecule has 0 spiro atoms. The smallest absolute Gasteiger partial charge is 0.237 e. The van der Waals surface area contributed by atoms with Crippen molar-refractivity contribution >= 4 is 23.4 Å². The standard InChI is InChI=1S/C23H28N4O3S/c1-6-26-22(17-12-13-19(29-4)20(14-17)30-5)24-25-23(26)31-15-21(28)27(16(2)3)18-10-8-7-9-11-18/h7-14,16H,6,15H2,1-5H3. The first-order valence-electron chi connectivity index (χ1n) is 10.2. The van der Waals surface area contributed by atoms with Crippen LogP contribution in [0.2, 0.25) is 0 Å². The van der Waals surface area contributed by atoms with Crippen LogP contribution in [0, 0.1) is 0 Å². The van der Waals surface area contributed by atoms with Crippen LogP contribution in [0.4, 0.5) is 5.69 Å². The lowest BCUT2D eigenvalue weighted by molar-refractivity contribution is -0.116. The van der Waals surface area contributed by atoms with Crippen LogP contribution in [-0.4, -0.2) is 46.7 Å². The summed E-state index contributed by atoms with van der Waals surface area (Å²) in [6.45, 7) is 6.74. The number of rotatable bonds is 9. The maximum absolute atomic E-state index is 13.0. The Morgan fingerprint density at radius 2 is 1.77 bits per heavy atom. The molecule has 164 valence electrons. The zero-order chi connectivity index (χ0) is 22.4. The lowest BCUT2D eigenvalue weighted by atomic mass is 10.2. The number of anilines is 1. The van der Waals surface area contributed by atoms with E-state index in [1.165, 1.54) is 11.8 Å². The number of benzene rings is 2. The summed E-state index contributed by atoms with van der Waals surface area (Å²) in [4.78, 5) is 14.8. The van der Waals surface area contributed by atoms with Crippen LogP contribution in [0.25, 0.3) is 11.4 Å². The highest BCUT2D eigenvalue weighted by molar-refractivity contribution is 7.99. The van der Waals surface area contributed by atoms with Crippen LogP contribution in [0.3, 0.4) is 0 Å². The molecule has 0 atom stereocenters. The van der Waals surface area contributed by atoms with Crippen molar-refractivity contribution in [2.24, 2.45) is 0 Å². The van der Waals surface area contributed by atoms with E-state index in [0.717, 1.165) is 17.1 Å². The van der Waals surface area contributed by atoms with Crippen LogP contribution >= 0.6 is 11.8 Å². The van der Waals surface area contributed by atoms with Gasteiger partial charge in [0.15, 0.2) is 22.5 Å². The first-order chi connectivity index (χ1) is 15.0. The summed E-state index contributed by atoms with van der Waals surface area (Å²) in [5, 5.41) is 9.42. The molecule has 0 aliphatic heterocycles. The van der Waals surface area contributed by atoms with E-state index in [4.69, 9.17) is 9.47 Å². The Balaban J connectivity index is 1.80. The van der Waals surface area contributed by atoms with Crippen molar-refractivity contribution in [3.05, 3.63) is 48.5 Å². The maximum Gasteiger partial charge on any atom is 0.237 e. The van der Waals surface area contributed by atoms with E-state index < -0.39 is 0 Å². The summed E-state index contributed by atoms with van der Waals surface area (Å²) in [5.41, 5.74) is 1.77. The topological polar surface area (TPSA) is 69.5 Å². The van der Waals surface area contributed by atoms with Gasteiger partial charge >= 0.3 is 0 Å². The Morgan fingerprint density at radius 3 is 2.39 bits per heavy atom. The molecule has 2 aromatic carbocycles. The summed E-state index contributed by atoms with van der Waals surface area (Å²) in [5.74, 6) is 2.32. The third-order valence-electron chi connectivity index (χ3n) is 4.82. The summed E-state index contributed by atoms with van der Waals surface area (Å²) in [6.07, 6.45) is 0. The third kappa shape index (κ3) is 5.02. The first-order valence-corrected chi connectivity index (χ1v) is 11.1. The number of thioether (sulfide) groups is 1. The van der Waals surface area contributed by atoms with Crippen molar-refractivity contribution in [2.45, 2.75) is 38.5 Å². The van der Waals surface area contributed by atoms with Crippen molar-refractivity contribution in [3.63, 3.8) is 0 Å². The number of nitrogens with zero attached hydrogens (tertiary/aromatic N) is 4. The Hall–Kier alpha value is -3.00. The molecule has 0 bridgehead atoms. The monoisotopic (exact) mass is 440 g/mol. The average Bonchev–Trinajstić information content (AvgIpc) is 3.20. The van der Waals surface area contributed by atoms with Crippen molar-refractivity contribution in [1.29, 1.82) is 0 Å². The predicted molar refractivity (Wildman–Crippen MR) is 124 cm³/mol. The average molecular weight is 441 g/mol. The van der Waals surface area contributed by atoms with Crippen molar-refractivity contribution in [2.75, 3.05) is 24.9 Å². The highest BCUT2D eigenvalue weighted by Crippen LogP contribution is 2.33. The molecule has 3 rings (SSSR count). The molecular formula is C23H28N4O3S. The number of hydrogen-bond acceptors (Lipinski definition) is 6. The van der Waals surface area contributed by atoms with E-state index in [1.54, 1.807) is 14.2 Å². The van der Waals surface area contributed by atoms with Gasteiger partial charge in [0.2, 0.25) is 5.91 Å². The summed E-state index contributed by atoms with van der Waals surface area (Å²) < 4.78 is 12.7. The van der Waals surface area contributed by atoms with Crippen LogP contribution in [0.1, 0.15) is 20.8 Å². The molecule has 3 aromatic rings. The molecule has 8 heteroatoms. The fourth-order valence-electron chi connectivity index (χ4n) is 3.38. The molecule has 0 saturated carbocycles. The van der Waals surface area contributed by atoms with Gasteiger partial charge in [0, 0.05) is 23.8 Å². The van der Waals surface area contributed by atoms with E-state index in [0.29, 0.717) is 23.2 Å². The molecule has 7 nitrogen and oxygen atoms in total. The van der Waals surface area contributed by atoms with Gasteiger partial charge in [-0.1, -0.05) is 30.0 Å². The van der Waals surface area contributed by atoms with E-state index in [-0.39, 0.29) is 17.7 Å². The van der Waals surface area contributed by atoms with Crippen LogP contribution < -0.4 is 14.4 Å². The zero-order valence-corrected chi connectivity index (χ0v) is 19.3. The van der Waals surface area contributed by atoms with Gasteiger partial charge in [0.1, 0.15) is 0 Å². The molecule has 0 saturated heterocycles. The number of amides is 1. The zero-order valence-electron chi connectivity index (χ0n) is 18.5. The molecule has 0 unspecified atom stereocenters. The molecule has 31 heavy (non-hydrogen) atoms. The summed E-state index contributed by atoms with van der Waals surface area (Å²) in [7, 11) is 3.21. The van der Waals surface area contributed by atoms with Crippen LogP contribution in [0.15, 0.2) is 53.7 Å². The van der Waals surface area contributed by atoms with Gasteiger partial charge in [0.25, 0.3) is 0 Å². The summed E-state index contributed by atoms with van der Waals surface area (Å²) >= 11 is 1.40. The van der Waals surface area contributed by atoms with Gasteiger partial charge in [-0.15, -0.1) is 10.2 Å². The maximum atomic E-state index is 13.0. The van der Waals surface area contributed by atoms with Gasteiger partial charge in [0.05, 0.1) is 20.0 Å². The fourth-order valence-corrected chi connectivity index (χ4v) is 4.25. The molecule has 1 heterocycles. The predicted octanol–water partition coefficient (Wildman–Crippen LogP) is 4.52. The second-order valence-corrected chi connectivity index (χ2v) is 8.04. The van der Waals surface area contributed by atoms with Gasteiger partial charge in [-0.2, -0.15) is 0 Å². The molecule has 0 N–H and O–H groups in total. The minimum absolute atomic E-state index is 0.0320. The third-order valence-corrected chi connectivity index (χ3v) is 5.77. The number of aromatic nitrogens is 3. The van der Waals surface area contributed by atoms with Crippen molar-refractivity contribution in [1.82, 2.24) is 14.8 Å². The number of carbonyl (C=O) groups excluding carboxylic acids is 1. The number of para-hydroxylation sites is 1. The largest absolute Gasteiger partial charge is 0.493 e. The first kappa shape index (κ1) is 22.7. The van der Waals surface area contributed by atoms with Crippen molar-refractivity contribution < 1.29 is 14.3 Å². The number of hydrogen-bond donors (Lipinski definition) is 0. The number of methoxy groups -OCH3 is 2. The normalized spacial score (nSPS) is 10.9. The van der Waals surface area contributed by atoms with Gasteiger partial charge in [-0.05, 0) is 51.1 Å². The highest BCUT2D eigenvalue weighted by atomic mass is 32.2. The molecule has 0 aliphatic rings. The quantitative estimate of drug-likeness (QED) is 0.456. The number of ether oxygens (including phenoxy) is 2. The van der Waals surface area contributed by atoms with E-state index in [9.17, 15) is 4.79 Å². The second-order valence-electron chi connectivity index (χ2n) is 7.10. The Kier molecular flexibility index (Phi) is 7.57. The molecule has 0 radical (unpaired) electrons. The molecule has 0 fully saturated rings. The minimum Gasteiger partial charge on any atom is -0.493 e. The lowest BCUT2D eigenvalue weighted by Crippen LogP contribution is -2.38. The SMILES string of the molecule is CCn1c(SCC(=O)N(c2ccccc2)C(C)C)nnc1-c1ccc(OC)c(OC)c1. The minimum atomic E-state index is 0.0320. The van der Waals surface area contributed by atoms with Gasteiger partial charge in [-0.3, -0.25) is 4.79 Å². The Bertz CT molecular complexity index is 1020. The molecule has 0 aliphatic carbocycles. The summed E-state index contributed by atoms with van der Waals surface area (Å²) in [6, 6.07) is 15.4. The second kappa shape index (κ2) is 10.3.